The van der Waals surface area contributed by atoms with Crippen LogP contribution < -0.4 is 4.74 Å². The van der Waals surface area contributed by atoms with Crippen LogP contribution in [0.1, 0.15) is 5.56 Å². The van der Waals surface area contributed by atoms with E-state index in [1.165, 1.54) is 6.33 Å². The van der Waals surface area contributed by atoms with E-state index in [-0.39, 0.29) is 0 Å². The molecule has 3 heterocycles. The van der Waals surface area contributed by atoms with Crippen LogP contribution in [-0.4, -0.2) is 30.4 Å². The highest BCUT2D eigenvalue weighted by molar-refractivity contribution is 5.93. The first kappa shape index (κ1) is 16.2. The summed E-state index contributed by atoms with van der Waals surface area (Å²) in [6, 6.07) is 17.9. The van der Waals surface area contributed by atoms with Crippen molar-refractivity contribution >= 4 is 10.9 Å². The van der Waals surface area contributed by atoms with Crippen LogP contribution in [0.15, 0.2) is 73.3 Å². The van der Waals surface area contributed by atoms with Gasteiger partial charge in [-0.25, -0.2) is 4.98 Å². The van der Waals surface area contributed by atoms with Gasteiger partial charge in [-0.05, 0) is 30.3 Å². The van der Waals surface area contributed by atoms with Gasteiger partial charge in [-0.2, -0.15) is 10.2 Å². The Kier molecular flexibility index (Phi) is 4.02. The second kappa shape index (κ2) is 6.96. The number of aromatic amines is 2. The standard InChI is InChI=1S/C21H16N6O/c1-2-6-19-18(5-1)20(26-25-19)15-8-16(21-23-13-24-27-21)10-17(9-15)28-12-14-4-3-7-22-11-14/h1-11,13H,12H2,(H,25,26)(H,23,24,27). The zero-order chi connectivity index (χ0) is 18.8. The fourth-order valence-corrected chi connectivity index (χ4v) is 3.13. The molecule has 0 saturated heterocycles. The summed E-state index contributed by atoms with van der Waals surface area (Å²) < 4.78 is 6.04. The zero-order valence-corrected chi connectivity index (χ0v) is 14.8. The van der Waals surface area contributed by atoms with Gasteiger partial charge in [-0.15, -0.1) is 0 Å². The number of nitrogens with one attached hydrogen (secondary N) is 2. The molecular weight excluding hydrogens is 352 g/mol. The van der Waals surface area contributed by atoms with E-state index in [1.54, 1.807) is 12.4 Å². The second-order valence-corrected chi connectivity index (χ2v) is 6.35. The van der Waals surface area contributed by atoms with E-state index in [4.69, 9.17) is 4.74 Å². The smallest absolute Gasteiger partial charge is 0.155 e. The third-order valence-electron chi connectivity index (χ3n) is 4.47. The SMILES string of the molecule is c1cncc(COc2cc(-c3ncn[nH]3)cc(-c3n[nH]c4ccccc34)c2)c1. The number of hydrogen-bond acceptors (Lipinski definition) is 5. The molecule has 0 bridgehead atoms. The number of aromatic nitrogens is 6. The van der Waals surface area contributed by atoms with Gasteiger partial charge in [0.1, 0.15) is 24.4 Å². The molecule has 0 unspecified atom stereocenters. The van der Waals surface area contributed by atoms with Gasteiger partial charge >= 0.3 is 0 Å². The number of para-hydroxylation sites is 1. The van der Waals surface area contributed by atoms with Gasteiger partial charge in [0, 0.05) is 34.5 Å². The highest BCUT2D eigenvalue weighted by atomic mass is 16.5. The van der Waals surface area contributed by atoms with E-state index in [0.717, 1.165) is 39.0 Å². The van der Waals surface area contributed by atoms with E-state index in [2.05, 4.69) is 30.4 Å². The molecule has 0 aliphatic rings. The lowest BCUT2D eigenvalue weighted by molar-refractivity contribution is 0.306. The number of ether oxygens (including phenoxy) is 1. The van der Waals surface area contributed by atoms with Gasteiger partial charge in [0.2, 0.25) is 0 Å². The lowest BCUT2D eigenvalue weighted by Gasteiger charge is -2.10. The monoisotopic (exact) mass is 368 g/mol. The van der Waals surface area contributed by atoms with Crippen molar-refractivity contribution in [3.8, 4) is 28.4 Å². The Hall–Kier alpha value is -4.00. The molecule has 136 valence electrons. The maximum absolute atomic E-state index is 6.04. The van der Waals surface area contributed by atoms with Crippen LogP contribution in [0.5, 0.6) is 5.75 Å². The molecule has 0 radical (unpaired) electrons. The fourth-order valence-electron chi connectivity index (χ4n) is 3.13. The summed E-state index contributed by atoms with van der Waals surface area (Å²) in [6.07, 6.45) is 5.03. The summed E-state index contributed by atoms with van der Waals surface area (Å²) in [5.41, 5.74) is 4.67. The van der Waals surface area contributed by atoms with Crippen molar-refractivity contribution < 1.29 is 4.74 Å². The fraction of sp³-hybridized carbons (Fsp3) is 0.0476. The summed E-state index contributed by atoms with van der Waals surface area (Å²) in [4.78, 5) is 8.40. The molecule has 0 amide bonds. The first-order valence-electron chi connectivity index (χ1n) is 8.83. The second-order valence-electron chi connectivity index (χ2n) is 6.35. The summed E-state index contributed by atoms with van der Waals surface area (Å²) in [7, 11) is 0. The number of benzene rings is 2. The Morgan fingerprint density at radius 3 is 2.71 bits per heavy atom. The summed E-state index contributed by atoms with van der Waals surface area (Å²) in [5, 5.41) is 15.5. The van der Waals surface area contributed by atoms with E-state index in [9.17, 15) is 0 Å². The van der Waals surface area contributed by atoms with Crippen LogP contribution in [0.25, 0.3) is 33.5 Å². The van der Waals surface area contributed by atoms with Crippen LogP contribution in [0.4, 0.5) is 0 Å². The van der Waals surface area contributed by atoms with Gasteiger partial charge in [0.05, 0.1) is 5.52 Å². The lowest BCUT2D eigenvalue weighted by atomic mass is 10.0. The van der Waals surface area contributed by atoms with Crippen molar-refractivity contribution in [2.45, 2.75) is 6.61 Å². The molecule has 7 nitrogen and oxygen atoms in total. The van der Waals surface area contributed by atoms with Crippen molar-refractivity contribution in [3.05, 3.63) is 78.9 Å². The number of fused-ring (bicyclic) bond motifs is 1. The summed E-state index contributed by atoms with van der Waals surface area (Å²) >= 11 is 0. The van der Waals surface area contributed by atoms with Crippen molar-refractivity contribution in [2.75, 3.05) is 0 Å². The summed E-state index contributed by atoms with van der Waals surface area (Å²) in [5.74, 6) is 1.40. The number of H-pyrrole nitrogens is 2. The van der Waals surface area contributed by atoms with Gasteiger partial charge < -0.3 is 4.74 Å². The number of hydrogen-bond donors (Lipinski definition) is 2. The molecule has 0 spiro atoms. The van der Waals surface area contributed by atoms with Crippen molar-refractivity contribution in [1.82, 2.24) is 30.4 Å². The predicted octanol–water partition coefficient (Wildman–Crippen LogP) is 3.99. The third-order valence-corrected chi connectivity index (χ3v) is 4.47. The van der Waals surface area contributed by atoms with Crippen LogP contribution in [0, 0.1) is 0 Å². The number of pyridine rings is 1. The molecule has 0 aliphatic heterocycles. The Morgan fingerprint density at radius 1 is 0.929 bits per heavy atom. The molecule has 28 heavy (non-hydrogen) atoms. The normalized spacial score (nSPS) is 11.0. The molecule has 2 N–H and O–H groups in total. The van der Waals surface area contributed by atoms with E-state index < -0.39 is 0 Å². The van der Waals surface area contributed by atoms with Crippen molar-refractivity contribution in [2.24, 2.45) is 0 Å². The van der Waals surface area contributed by atoms with E-state index in [0.29, 0.717) is 12.4 Å². The number of nitrogens with zero attached hydrogens (tertiary/aromatic N) is 4. The van der Waals surface area contributed by atoms with Gasteiger partial charge in [-0.3, -0.25) is 15.2 Å². The highest BCUT2D eigenvalue weighted by Crippen LogP contribution is 2.33. The van der Waals surface area contributed by atoms with Gasteiger partial charge in [0.25, 0.3) is 0 Å². The van der Waals surface area contributed by atoms with Crippen molar-refractivity contribution in [3.63, 3.8) is 0 Å². The number of rotatable bonds is 5. The lowest BCUT2D eigenvalue weighted by Crippen LogP contribution is -1.97. The molecule has 0 saturated carbocycles. The van der Waals surface area contributed by atoms with E-state index in [1.807, 2.05) is 54.6 Å². The molecule has 5 rings (SSSR count). The third kappa shape index (κ3) is 3.09. The van der Waals surface area contributed by atoms with Crippen LogP contribution in [0.3, 0.4) is 0 Å². The molecule has 3 aromatic heterocycles. The van der Waals surface area contributed by atoms with E-state index >= 15 is 0 Å². The first-order chi connectivity index (χ1) is 13.9. The summed E-state index contributed by atoms with van der Waals surface area (Å²) in [6.45, 7) is 0.425. The largest absolute Gasteiger partial charge is 0.489 e. The Bertz CT molecular complexity index is 1210. The van der Waals surface area contributed by atoms with Crippen molar-refractivity contribution in [1.29, 1.82) is 0 Å². The molecule has 7 heteroatoms. The Balaban J connectivity index is 1.57. The average molecular weight is 368 g/mol. The highest BCUT2D eigenvalue weighted by Gasteiger charge is 2.13. The van der Waals surface area contributed by atoms with Crippen LogP contribution >= 0.6 is 0 Å². The minimum absolute atomic E-state index is 0.425. The molecule has 0 atom stereocenters. The predicted molar refractivity (Wildman–Crippen MR) is 105 cm³/mol. The molecule has 2 aromatic carbocycles. The molecule has 5 aromatic rings. The molecule has 0 aliphatic carbocycles. The first-order valence-corrected chi connectivity index (χ1v) is 8.83. The van der Waals surface area contributed by atoms with Crippen LogP contribution in [-0.2, 0) is 6.61 Å². The quantitative estimate of drug-likeness (QED) is 0.489. The van der Waals surface area contributed by atoms with Gasteiger partial charge in [0.15, 0.2) is 5.82 Å². The maximum Gasteiger partial charge on any atom is 0.155 e. The Morgan fingerprint density at radius 2 is 1.86 bits per heavy atom. The average Bonchev–Trinajstić information content (AvgIpc) is 3.43. The zero-order valence-electron chi connectivity index (χ0n) is 14.8. The minimum atomic E-state index is 0.425. The molecule has 0 fully saturated rings. The Labute approximate surface area is 160 Å². The minimum Gasteiger partial charge on any atom is -0.489 e. The van der Waals surface area contributed by atoms with Crippen LogP contribution in [0.2, 0.25) is 0 Å². The topological polar surface area (TPSA) is 92.4 Å². The molecular formula is C21H16N6O. The maximum atomic E-state index is 6.04. The van der Waals surface area contributed by atoms with Gasteiger partial charge in [-0.1, -0.05) is 24.3 Å².